The van der Waals surface area contributed by atoms with Crippen molar-refractivity contribution >= 4 is 23.7 Å². The van der Waals surface area contributed by atoms with Gasteiger partial charge in [-0.05, 0) is 91.5 Å². The molecule has 1 aromatic carbocycles. The van der Waals surface area contributed by atoms with Crippen molar-refractivity contribution in [3.05, 3.63) is 28.3 Å². The molecule has 3 aliphatic carbocycles. The minimum absolute atomic E-state index is 0.0416. The van der Waals surface area contributed by atoms with Gasteiger partial charge in [-0.1, -0.05) is 6.07 Å². The van der Waals surface area contributed by atoms with Crippen molar-refractivity contribution in [2.45, 2.75) is 56.6 Å². The summed E-state index contributed by atoms with van der Waals surface area (Å²) in [5.74, 6) is 0.962. The van der Waals surface area contributed by atoms with Crippen LogP contribution in [0.4, 0.5) is 10.5 Å². The van der Waals surface area contributed by atoms with Gasteiger partial charge < -0.3 is 10.2 Å². The summed E-state index contributed by atoms with van der Waals surface area (Å²) in [6.07, 6.45) is 9.86. The van der Waals surface area contributed by atoms with Crippen molar-refractivity contribution in [2.75, 3.05) is 25.0 Å². The molecule has 1 saturated carbocycles. The van der Waals surface area contributed by atoms with Gasteiger partial charge in [0.1, 0.15) is 0 Å². The van der Waals surface area contributed by atoms with Gasteiger partial charge in [-0.2, -0.15) is 0 Å². The van der Waals surface area contributed by atoms with Gasteiger partial charge in [0.05, 0.1) is 5.25 Å². The van der Waals surface area contributed by atoms with Crippen LogP contribution in [0.25, 0.3) is 0 Å². The molecule has 1 aromatic rings. The average molecular weight is 358 g/mol. The Balaban J connectivity index is 1.18. The molecule has 0 unspecified atom stereocenters. The monoisotopic (exact) mass is 357 g/mol. The van der Waals surface area contributed by atoms with Crippen LogP contribution < -0.4 is 10.0 Å². The first-order valence-electron chi connectivity index (χ1n) is 9.88. The Morgan fingerprint density at radius 1 is 1.08 bits per heavy atom. The highest BCUT2D eigenvalue weighted by molar-refractivity contribution is 7.98. The lowest BCUT2D eigenvalue weighted by molar-refractivity contribution is 0.182. The fraction of sp³-hybridized carbons (Fsp3) is 0.650. The second-order valence-electron chi connectivity index (χ2n) is 8.19. The summed E-state index contributed by atoms with van der Waals surface area (Å²) in [5.41, 5.74) is 6.89. The topological polar surface area (TPSA) is 44.4 Å². The Morgan fingerprint density at radius 2 is 1.76 bits per heavy atom. The van der Waals surface area contributed by atoms with Crippen molar-refractivity contribution in [2.24, 2.45) is 5.92 Å². The first-order chi connectivity index (χ1) is 12.3. The molecule has 5 heteroatoms. The molecule has 1 saturated heterocycles. The minimum Gasteiger partial charge on any atom is -0.307 e. The van der Waals surface area contributed by atoms with E-state index < -0.39 is 0 Å². The molecule has 0 spiro atoms. The predicted molar refractivity (Wildman–Crippen MR) is 103 cm³/mol. The zero-order valence-corrected chi connectivity index (χ0v) is 15.6. The third-order valence-corrected chi connectivity index (χ3v) is 7.10. The number of amides is 2. The summed E-state index contributed by atoms with van der Waals surface area (Å²) in [7, 11) is 0. The van der Waals surface area contributed by atoms with Crippen LogP contribution in [0.15, 0.2) is 6.07 Å². The van der Waals surface area contributed by atoms with E-state index in [9.17, 15) is 4.79 Å². The number of carbonyl (C=O) groups is 1. The summed E-state index contributed by atoms with van der Waals surface area (Å²) in [5, 5.41) is 3.77. The number of likely N-dealkylation sites (tertiary alicyclic amines) is 1. The van der Waals surface area contributed by atoms with Crippen LogP contribution in [-0.2, 0) is 25.7 Å². The Labute approximate surface area is 154 Å². The molecule has 25 heavy (non-hydrogen) atoms. The molecule has 0 aromatic heterocycles. The summed E-state index contributed by atoms with van der Waals surface area (Å²) >= 11 is 1.60. The SMILES string of the molecule is O=C(NSC1CN(CC2CC2)C1)Nc1c2c(cc3c1CCC3)CCC2. The molecule has 0 radical (unpaired) electrons. The Kier molecular flexibility index (Phi) is 4.17. The maximum Gasteiger partial charge on any atom is 0.329 e. The van der Waals surface area contributed by atoms with Gasteiger partial charge in [0.15, 0.2) is 0 Å². The van der Waals surface area contributed by atoms with Crippen LogP contribution in [0.1, 0.15) is 47.9 Å². The number of hydrogen-bond donors (Lipinski definition) is 2. The zero-order valence-electron chi connectivity index (χ0n) is 14.8. The summed E-state index contributed by atoms with van der Waals surface area (Å²) in [6.45, 7) is 3.51. The number of nitrogens with one attached hydrogen (secondary N) is 2. The number of carbonyl (C=O) groups excluding carboxylic acids is 1. The predicted octanol–water partition coefficient (Wildman–Crippen LogP) is 3.53. The van der Waals surface area contributed by atoms with Gasteiger partial charge in [-0.25, -0.2) is 4.79 Å². The molecular formula is C20H27N3OS. The second kappa shape index (κ2) is 6.51. The Hall–Kier alpha value is -1.20. The van der Waals surface area contributed by atoms with Crippen LogP contribution in [0.5, 0.6) is 0 Å². The molecule has 4 aliphatic rings. The number of urea groups is 1. The fourth-order valence-corrected chi connectivity index (χ4v) is 5.55. The lowest BCUT2D eigenvalue weighted by Crippen LogP contribution is -2.51. The van der Waals surface area contributed by atoms with Gasteiger partial charge in [0, 0.05) is 25.3 Å². The molecule has 2 amide bonds. The average Bonchev–Trinajstić information content (AvgIpc) is 3.06. The van der Waals surface area contributed by atoms with Gasteiger partial charge in [0.25, 0.3) is 0 Å². The van der Waals surface area contributed by atoms with E-state index in [1.54, 1.807) is 11.9 Å². The van der Waals surface area contributed by atoms with Crippen molar-refractivity contribution in [1.82, 2.24) is 9.62 Å². The van der Waals surface area contributed by atoms with Crippen molar-refractivity contribution in [3.63, 3.8) is 0 Å². The van der Waals surface area contributed by atoms with Crippen LogP contribution in [0.3, 0.4) is 0 Å². The largest absolute Gasteiger partial charge is 0.329 e. The molecule has 0 atom stereocenters. The maximum absolute atomic E-state index is 12.5. The molecule has 0 bridgehead atoms. The standard InChI is InChI=1S/C20H27N3OS/c24-20(22-25-16-11-23(12-16)10-13-7-8-13)21-19-17-5-1-3-14(17)9-15-4-2-6-18(15)19/h9,13,16H,1-8,10-12H2,(H2,21,22,24). The van der Waals surface area contributed by atoms with Gasteiger partial charge in [-0.15, -0.1) is 0 Å². The quantitative estimate of drug-likeness (QED) is 0.793. The van der Waals surface area contributed by atoms with Crippen molar-refractivity contribution < 1.29 is 4.79 Å². The maximum atomic E-state index is 12.5. The Bertz CT molecular complexity index is 662. The molecule has 1 aliphatic heterocycles. The molecule has 4 nitrogen and oxygen atoms in total. The third kappa shape index (κ3) is 3.28. The normalized spacial score (nSPS) is 22.4. The summed E-state index contributed by atoms with van der Waals surface area (Å²) in [6, 6.07) is 2.37. The molecule has 2 N–H and O–H groups in total. The van der Waals surface area contributed by atoms with Crippen molar-refractivity contribution in [3.8, 4) is 0 Å². The van der Waals surface area contributed by atoms with E-state index in [-0.39, 0.29) is 6.03 Å². The number of anilines is 1. The van der Waals surface area contributed by atoms with Crippen LogP contribution in [0.2, 0.25) is 0 Å². The van der Waals surface area contributed by atoms with E-state index in [2.05, 4.69) is 21.0 Å². The summed E-state index contributed by atoms with van der Waals surface area (Å²) < 4.78 is 3.04. The van der Waals surface area contributed by atoms with Gasteiger partial charge in [-0.3, -0.25) is 4.72 Å². The molecule has 1 heterocycles. The highest BCUT2D eigenvalue weighted by atomic mass is 32.2. The zero-order chi connectivity index (χ0) is 16.8. The first-order valence-corrected chi connectivity index (χ1v) is 10.8. The lowest BCUT2D eigenvalue weighted by atomic mass is 9.99. The van der Waals surface area contributed by atoms with E-state index in [4.69, 9.17) is 0 Å². The molecule has 2 fully saturated rings. The molecule has 134 valence electrons. The smallest absolute Gasteiger partial charge is 0.307 e. The summed E-state index contributed by atoms with van der Waals surface area (Å²) in [4.78, 5) is 15.0. The number of rotatable bonds is 5. The van der Waals surface area contributed by atoms with Crippen molar-refractivity contribution in [1.29, 1.82) is 0 Å². The number of fused-ring (bicyclic) bond motifs is 2. The Morgan fingerprint density at radius 3 is 2.40 bits per heavy atom. The van der Waals surface area contributed by atoms with E-state index in [1.165, 1.54) is 67.3 Å². The van der Waals surface area contributed by atoms with Gasteiger partial charge in [0.2, 0.25) is 0 Å². The molecule has 5 rings (SSSR count). The first kappa shape index (κ1) is 16.0. The minimum atomic E-state index is -0.0416. The highest BCUT2D eigenvalue weighted by Gasteiger charge is 2.33. The van der Waals surface area contributed by atoms with E-state index in [0.29, 0.717) is 5.25 Å². The highest BCUT2D eigenvalue weighted by Crippen LogP contribution is 2.38. The van der Waals surface area contributed by atoms with Crippen LogP contribution >= 0.6 is 11.9 Å². The number of nitrogens with zero attached hydrogens (tertiary/aromatic N) is 1. The fourth-order valence-electron chi connectivity index (χ4n) is 4.65. The number of benzene rings is 1. The van der Waals surface area contributed by atoms with Crippen LogP contribution in [0, 0.1) is 5.92 Å². The number of hydrogen-bond acceptors (Lipinski definition) is 3. The lowest BCUT2D eigenvalue weighted by Gasteiger charge is -2.38. The van der Waals surface area contributed by atoms with Gasteiger partial charge >= 0.3 is 6.03 Å². The van der Waals surface area contributed by atoms with E-state index in [0.717, 1.165) is 37.5 Å². The van der Waals surface area contributed by atoms with Crippen LogP contribution in [-0.4, -0.2) is 35.8 Å². The van der Waals surface area contributed by atoms with E-state index in [1.807, 2.05) is 0 Å². The van der Waals surface area contributed by atoms with E-state index >= 15 is 0 Å². The second-order valence-corrected chi connectivity index (χ2v) is 9.30. The number of aryl methyl sites for hydroxylation is 2. The molecular weight excluding hydrogens is 330 g/mol. The third-order valence-electron chi connectivity index (χ3n) is 6.17.